The molecule has 0 radical (unpaired) electrons. The summed E-state index contributed by atoms with van der Waals surface area (Å²) in [6.45, 7) is 5.49. The molecule has 2 aromatic carbocycles. The predicted octanol–water partition coefficient (Wildman–Crippen LogP) is 3.83. The molecule has 2 N–H and O–H groups in total. The van der Waals surface area contributed by atoms with Gasteiger partial charge in [0.2, 0.25) is 0 Å². The fourth-order valence-electron chi connectivity index (χ4n) is 4.25. The Hall–Kier alpha value is -2.72. The summed E-state index contributed by atoms with van der Waals surface area (Å²) in [5.74, 6) is -0.233. The second kappa shape index (κ2) is 12.5. The van der Waals surface area contributed by atoms with E-state index >= 15 is 0 Å². The van der Waals surface area contributed by atoms with Crippen LogP contribution >= 0.6 is 0 Å². The van der Waals surface area contributed by atoms with Gasteiger partial charge in [-0.2, -0.15) is 5.26 Å². The van der Waals surface area contributed by atoms with Crippen molar-refractivity contribution >= 4 is 5.97 Å². The normalized spacial score (nSPS) is 13.1. The van der Waals surface area contributed by atoms with E-state index < -0.39 is 5.41 Å². The van der Waals surface area contributed by atoms with Crippen LogP contribution < -0.4 is 0 Å². The Morgan fingerprint density at radius 2 is 1.85 bits per heavy atom. The molecule has 0 aliphatic carbocycles. The fraction of sp³-hybridized carbons (Fsp3) is 0.481. The minimum atomic E-state index is -0.659. The lowest BCUT2D eigenvalue weighted by molar-refractivity contribution is 0.0600. The molecule has 178 valence electrons. The van der Waals surface area contributed by atoms with Crippen molar-refractivity contribution in [3.8, 4) is 6.07 Å². The zero-order valence-corrected chi connectivity index (χ0v) is 20.2. The third-order valence-corrected chi connectivity index (χ3v) is 6.49. The van der Waals surface area contributed by atoms with Crippen LogP contribution in [0.4, 0.5) is 0 Å². The van der Waals surface area contributed by atoms with Gasteiger partial charge >= 0.3 is 5.97 Å². The quantitative estimate of drug-likeness (QED) is 0.476. The first kappa shape index (κ1) is 26.5. The van der Waals surface area contributed by atoms with Gasteiger partial charge in [-0.1, -0.05) is 44.2 Å². The van der Waals surface area contributed by atoms with Gasteiger partial charge in [-0.25, -0.2) is 4.79 Å². The number of aliphatic hydroxyl groups is 2. The molecule has 0 fully saturated rings. The largest absolute Gasteiger partial charge is 0.465 e. The number of nitrogens with zero attached hydrogens (tertiary/aromatic N) is 2. The van der Waals surface area contributed by atoms with Gasteiger partial charge in [0.15, 0.2) is 0 Å². The van der Waals surface area contributed by atoms with Crippen molar-refractivity contribution < 1.29 is 19.7 Å². The van der Waals surface area contributed by atoms with Crippen LogP contribution in [0, 0.1) is 17.2 Å². The molecule has 2 rings (SSSR count). The number of ether oxygens (including phenoxy) is 1. The van der Waals surface area contributed by atoms with Crippen LogP contribution in [0.25, 0.3) is 0 Å². The minimum absolute atomic E-state index is 0.0976. The maximum atomic E-state index is 11.7. The van der Waals surface area contributed by atoms with Crippen LogP contribution in [0.15, 0.2) is 42.5 Å². The standard InChI is InChI=1S/C27H36N2O4/c1-20(2)27(19-28,25-10-9-23(17-30)24(16-25)18-31)12-6-13-29(3)14-11-21-7-5-8-22(15-21)26(32)33-4/h5,7-10,15-16,20,30-31H,6,11-14,17-18H2,1-4H3. The van der Waals surface area contributed by atoms with E-state index in [-0.39, 0.29) is 25.1 Å². The number of rotatable bonds is 12. The maximum Gasteiger partial charge on any atom is 0.337 e. The molecule has 6 nitrogen and oxygen atoms in total. The number of hydrogen-bond acceptors (Lipinski definition) is 6. The summed E-state index contributed by atoms with van der Waals surface area (Å²) in [7, 11) is 3.44. The summed E-state index contributed by atoms with van der Waals surface area (Å²) in [6.07, 6.45) is 2.37. The molecule has 1 unspecified atom stereocenters. The number of benzene rings is 2. The van der Waals surface area contributed by atoms with Gasteiger partial charge in [0.05, 0.1) is 37.4 Å². The highest BCUT2D eigenvalue weighted by Gasteiger charge is 2.36. The highest BCUT2D eigenvalue weighted by Crippen LogP contribution is 2.37. The Balaban J connectivity index is 2.02. The Kier molecular flexibility index (Phi) is 10.1. The van der Waals surface area contributed by atoms with Crippen LogP contribution in [0.3, 0.4) is 0 Å². The monoisotopic (exact) mass is 452 g/mol. The third-order valence-electron chi connectivity index (χ3n) is 6.49. The molecule has 0 aliphatic rings. The molecule has 0 amide bonds. The summed E-state index contributed by atoms with van der Waals surface area (Å²) in [5, 5.41) is 29.4. The summed E-state index contributed by atoms with van der Waals surface area (Å²) in [5.41, 5.74) is 3.23. The third kappa shape index (κ3) is 6.64. The number of carbonyl (C=O) groups excluding carboxylic acids is 1. The predicted molar refractivity (Wildman–Crippen MR) is 129 cm³/mol. The van der Waals surface area contributed by atoms with E-state index in [0.717, 1.165) is 37.1 Å². The van der Waals surface area contributed by atoms with Gasteiger partial charge in [-0.3, -0.25) is 0 Å². The SMILES string of the molecule is COC(=O)c1cccc(CCN(C)CCCC(C#N)(c2ccc(CO)c(CO)c2)C(C)C)c1. The van der Waals surface area contributed by atoms with Crippen molar-refractivity contribution in [2.75, 3.05) is 27.2 Å². The van der Waals surface area contributed by atoms with E-state index in [9.17, 15) is 20.3 Å². The average Bonchev–Trinajstić information content (AvgIpc) is 2.84. The molecule has 0 saturated heterocycles. The number of aliphatic hydroxyl groups excluding tert-OH is 2. The van der Waals surface area contributed by atoms with Crippen molar-refractivity contribution in [1.29, 1.82) is 5.26 Å². The van der Waals surface area contributed by atoms with E-state index in [1.54, 1.807) is 6.07 Å². The van der Waals surface area contributed by atoms with E-state index in [1.807, 2.05) is 36.4 Å². The first-order chi connectivity index (χ1) is 15.8. The summed E-state index contributed by atoms with van der Waals surface area (Å²) in [6, 6.07) is 15.7. The minimum Gasteiger partial charge on any atom is -0.465 e. The highest BCUT2D eigenvalue weighted by atomic mass is 16.5. The molecule has 0 aliphatic heterocycles. The maximum absolute atomic E-state index is 11.7. The van der Waals surface area contributed by atoms with Crippen LogP contribution in [-0.4, -0.2) is 48.3 Å². The molecule has 0 saturated carbocycles. The van der Waals surface area contributed by atoms with E-state index in [4.69, 9.17) is 4.74 Å². The number of esters is 1. The number of nitriles is 1. The summed E-state index contributed by atoms with van der Waals surface area (Å²) >= 11 is 0. The topological polar surface area (TPSA) is 93.8 Å². The highest BCUT2D eigenvalue weighted by molar-refractivity contribution is 5.89. The zero-order valence-electron chi connectivity index (χ0n) is 20.2. The first-order valence-corrected chi connectivity index (χ1v) is 11.4. The molecule has 33 heavy (non-hydrogen) atoms. The molecule has 0 heterocycles. The lowest BCUT2D eigenvalue weighted by atomic mass is 9.69. The molecule has 2 aromatic rings. The lowest BCUT2D eigenvalue weighted by Gasteiger charge is -2.32. The van der Waals surface area contributed by atoms with Gasteiger partial charge < -0.3 is 19.8 Å². The fourth-order valence-corrected chi connectivity index (χ4v) is 4.25. The lowest BCUT2D eigenvalue weighted by Crippen LogP contribution is -2.33. The summed E-state index contributed by atoms with van der Waals surface area (Å²) in [4.78, 5) is 14.0. The van der Waals surface area contributed by atoms with Gasteiger partial charge in [0.1, 0.15) is 0 Å². The van der Waals surface area contributed by atoms with Gasteiger partial charge in [-0.05, 0) is 73.2 Å². The van der Waals surface area contributed by atoms with Crippen molar-refractivity contribution in [2.24, 2.45) is 5.92 Å². The van der Waals surface area contributed by atoms with E-state index in [1.165, 1.54) is 7.11 Å². The van der Waals surface area contributed by atoms with Crippen molar-refractivity contribution in [1.82, 2.24) is 4.90 Å². The van der Waals surface area contributed by atoms with Gasteiger partial charge in [0.25, 0.3) is 0 Å². The van der Waals surface area contributed by atoms with Crippen LogP contribution in [0.1, 0.15) is 59.3 Å². The van der Waals surface area contributed by atoms with Crippen LogP contribution in [0.2, 0.25) is 0 Å². The molecule has 1 atom stereocenters. The van der Waals surface area contributed by atoms with E-state index in [2.05, 4.69) is 31.9 Å². The Labute approximate surface area is 197 Å². The Morgan fingerprint density at radius 3 is 2.45 bits per heavy atom. The molecule has 0 spiro atoms. The van der Waals surface area contributed by atoms with Crippen LogP contribution in [0.5, 0.6) is 0 Å². The first-order valence-electron chi connectivity index (χ1n) is 11.4. The van der Waals surface area contributed by atoms with Crippen LogP contribution in [-0.2, 0) is 29.8 Å². The van der Waals surface area contributed by atoms with E-state index in [0.29, 0.717) is 23.1 Å². The van der Waals surface area contributed by atoms with Gasteiger partial charge in [-0.15, -0.1) is 0 Å². The van der Waals surface area contributed by atoms with Crippen molar-refractivity contribution in [3.05, 3.63) is 70.3 Å². The molecule has 0 bridgehead atoms. The van der Waals surface area contributed by atoms with Gasteiger partial charge in [0, 0.05) is 6.54 Å². The number of methoxy groups -OCH3 is 1. The molecular formula is C27H36N2O4. The number of carbonyl (C=O) groups is 1. The second-order valence-electron chi connectivity index (χ2n) is 8.89. The van der Waals surface area contributed by atoms with Crippen molar-refractivity contribution in [2.45, 2.75) is 51.7 Å². The number of likely N-dealkylation sites (N-methyl/N-ethyl adjacent to an activating group) is 1. The van der Waals surface area contributed by atoms with Crippen molar-refractivity contribution in [3.63, 3.8) is 0 Å². The second-order valence-corrected chi connectivity index (χ2v) is 8.89. The Morgan fingerprint density at radius 1 is 1.12 bits per heavy atom. The molecule has 0 aromatic heterocycles. The number of hydrogen-bond donors (Lipinski definition) is 2. The Bertz CT molecular complexity index is 967. The zero-order chi connectivity index (χ0) is 24.4. The molecule has 6 heteroatoms. The summed E-state index contributed by atoms with van der Waals surface area (Å²) < 4.78 is 4.79. The smallest absolute Gasteiger partial charge is 0.337 e. The molecular weight excluding hydrogens is 416 g/mol. The average molecular weight is 453 g/mol.